The van der Waals surface area contributed by atoms with Gasteiger partial charge >= 0.3 is 0 Å². The molecule has 1 N–H and O–H groups in total. The number of nitrogens with one attached hydrogen (secondary N) is 1. The van der Waals surface area contributed by atoms with Gasteiger partial charge in [0.2, 0.25) is 15.9 Å². The maximum absolute atomic E-state index is 12.7. The number of carbonyl (C=O) groups excluding carboxylic acids is 1. The summed E-state index contributed by atoms with van der Waals surface area (Å²) in [5.74, 6) is 0.336. The van der Waals surface area contributed by atoms with Crippen molar-refractivity contribution in [3.8, 4) is 5.75 Å². The zero-order chi connectivity index (χ0) is 20.9. The van der Waals surface area contributed by atoms with E-state index in [0.717, 1.165) is 27.4 Å². The van der Waals surface area contributed by atoms with Gasteiger partial charge < -0.3 is 10.1 Å². The minimum atomic E-state index is -3.63. The summed E-state index contributed by atoms with van der Waals surface area (Å²) >= 11 is 0. The Hall–Kier alpha value is -2.54. The maximum atomic E-state index is 12.7. The van der Waals surface area contributed by atoms with E-state index in [1.165, 1.54) is 0 Å². The number of benzene rings is 2. The lowest BCUT2D eigenvalue weighted by Gasteiger charge is -2.29. The monoisotopic (exact) mass is 404 g/mol. The van der Waals surface area contributed by atoms with E-state index in [-0.39, 0.29) is 18.6 Å². The average molecular weight is 405 g/mol. The molecule has 0 aliphatic rings. The number of hydrogen-bond donors (Lipinski definition) is 1. The molecule has 0 saturated heterocycles. The maximum Gasteiger partial charge on any atom is 0.243 e. The van der Waals surface area contributed by atoms with E-state index >= 15 is 0 Å². The van der Waals surface area contributed by atoms with Gasteiger partial charge in [-0.1, -0.05) is 35.4 Å². The van der Waals surface area contributed by atoms with E-state index in [0.29, 0.717) is 5.69 Å². The molecule has 0 unspecified atom stereocenters. The normalized spacial score (nSPS) is 13.5. The highest BCUT2D eigenvalue weighted by atomic mass is 32.2. The molecular formula is C21H28N2O4S. The summed E-state index contributed by atoms with van der Waals surface area (Å²) in [4.78, 5) is 12.7. The van der Waals surface area contributed by atoms with Crippen LogP contribution in [0.2, 0.25) is 0 Å². The fourth-order valence-corrected chi connectivity index (χ4v) is 3.94. The molecule has 1 amide bonds. The van der Waals surface area contributed by atoms with Gasteiger partial charge in [0, 0.05) is 0 Å². The minimum Gasteiger partial charge on any atom is -0.491 e. The fraction of sp³-hybridized carbons (Fsp3) is 0.381. The quantitative estimate of drug-likeness (QED) is 0.734. The van der Waals surface area contributed by atoms with Crippen LogP contribution in [0.25, 0.3) is 0 Å². The Balaban J connectivity index is 2.03. The predicted octanol–water partition coefficient (Wildman–Crippen LogP) is 3.04. The van der Waals surface area contributed by atoms with Crippen LogP contribution < -0.4 is 14.4 Å². The number of aryl methyl sites for hydroxylation is 2. The largest absolute Gasteiger partial charge is 0.491 e. The Morgan fingerprint density at radius 1 is 1.00 bits per heavy atom. The number of sulfonamides is 1. The van der Waals surface area contributed by atoms with Crippen LogP contribution in [0.3, 0.4) is 0 Å². The molecule has 0 aliphatic carbocycles. The topological polar surface area (TPSA) is 75.7 Å². The molecule has 2 aromatic rings. The van der Waals surface area contributed by atoms with E-state index < -0.39 is 16.1 Å². The molecule has 0 aliphatic heterocycles. The first kappa shape index (κ1) is 21.8. The molecule has 152 valence electrons. The minimum absolute atomic E-state index is 0.282. The Morgan fingerprint density at radius 3 is 2.00 bits per heavy atom. The zero-order valence-corrected chi connectivity index (χ0v) is 17.8. The van der Waals surface area contributed by atoms with Crippen molar-refractivity contribution in [2.45, 2.75) is 39.8 Å². The number of hydrogen-bond acceptors (Lipinski definition) is 4. The van der Waals surface area contributed by atoms with Crippen LogP contribution in [0.15, 0.2) is 48.5 Å². The van der Waals surface area contributed by atoms with Gasteiger partial charge in [0.1, 0.15) is 18.4 Å². The lowest BCUT2D eigenvalue weighted by atomic mass is 10.2. The number of ether oxygens (including phenoxy) is 1. The van der Waals surface area contributed by atoms with Crippen molar-refractivity contribution in [1.29, 1.82) is 0 Å². The second-order valence-corrected chi connectivity index (χ2v) is 8.96. The van der Waals surface area contributed by atoms with Gasteiger partial charge in [-0.3, -0.25) is 9.10 Å². The van der Waals surface area contributed by atoms with Crippen molar-refractivity contribution < 1.29 is 17.9 Å². The van der Waals surface area contributed by atoms with E-state index in [9.17, 15) is 13.2 Å². The summed E-state index contributed by atoms with van der Waals surface area (Å²) in [7, 11) is -3.63. The number of nitrogens with zero attached hydrogens (tertiary/aromatic N) is 1. The molecule has 0 aromatic heterocycles. The summed E-state index contributed by atoms with van der Waals surface area (Å²) in [5.41, 5.74) is 2.61. The van der Waals surface area contributed by atoms with Crippen molar-refractivity contribution in [3.63, 3.8) is 0 Å². The third-order valence-corrected chi connectivity index (χ3v) is 5.53. The molecule has 0 bridgehead atoms. The zero-order valence-electron chi connectivity index (χ0n) is 17.0. The molecule has 7 heteroatoms. The number of anilines is 1. The lowest BCUT2D eigenvalue weighted by molar-refractivity contribution is -0.122. The van der Waals surface area contributed by atoms with Crippen LogP contribution in [0.5, 0.6) is 5.75 Å². The fourth-order valence-electron chi connectivity index (χ4n) is 2.76. The van der Waals surface area contributed by atoms with E-state index in [2.05, 4.69) is 5.32 Å². The Kier molecular flexibility index (Phi) is 7.07. The Bertz CT molecular complexity index is 893. The van der Waals surface area contributed by atoms with Crippen LogP contribution in [-0.2, 0) is 14.8 Å². The highest BCUT2D eigenvalue weighted by molar-refractivity contribution is 7.92. The molecule has 2 atom stereocenters. The third-order valence-electron chi connectivity index (χ3n) is 4.29. The van der Waals surface area contributed by atoms with Gasteiger partial charge in [0.25, 0.3) is 0 Å². The van der Waals surface area contributed by atoms with Crippen LogP contribution >= 0.6 is 0 Å². The average Bonchev–Trinajstić information content (AvgIpc) is 2.62. The first-order chi connectivity index (χ1) is 13.1. The van der Waals surface area contributed by atoms with E-state index in [1.807, 2.05) is 57.2 Å². The highest BCUT2D eigenvalue weighted by Crippen LogP contribution is 2.21. The van der Waals surface area contributed by atoms with E-state index in [4.69, 9.17) is 4.74 Å². The summed E-state index contributed by atoms with van der Waals surface area (Å²) in [6.07, 6.45) is 1.10. The molecule has 0 radical (unpaired) electrons. The van der Waals surface area contributed by atoms with Gasteiger partial charge in [0.15, 0.2) is 0 Å². The highest BCUT2D eigenvalue weighted by Gasteiger charge is 2.29. The van der Waals surface area contributed by atoms with Crippen LogP contribution in [-0.4, -0.2) is 39.3 Å². The first-order valence-electron chi connectivity index (χ1n) is 9.14. The number of amides is 1. The van der Waals surface area contributed by atoms with Crippen LogP contribution in [0.4, 0.5) is 5.69 Å². The van der Waals surface area contributed by atoms with Gasteiger partial charge in [-0.25, -0.2) is 8.42 Å². The summed E-state index contributed by atoms with van der Waals surface area (Å²) in [6.45, 7) is 7.58. The van der Waals surface area contributed by atoms with Crippen molar-refractivity contribution in [3.05, 3.63) is 59.7 Å². The third kappa shape index (κ3) is 5.99. The lowest BCUT2D eigenvalue weighted by Crippen LogP contribution is -2.50. The molecular weight excluding hydrogens is 376 g/mol. The summed E-state index contributed by atoms with van der Waals surface area (Å²) < 4.78 is 31.4. The molecule has 0 saturated carbocycles. The van der Waals surface area contributed by atoms with Crippen molar-refractivity contribution in [2.24, 2.45) is 0 Å². The van der Waals surface area contributed by atoms with Gasteiger partial charge in [-0.05, 0) is 52.0 Å². The molecule has 0 heterocycles. The molecule has 0 fully saturated rings. The summed E-state index contributed by atoms with van der Waals surface area (Å²) in [5, 5.41) is 2.82. The van der Waals surface area contributed by atoms with Crippen LogP contribution in [0, 0.1) is 13.8 Å². The first-order valence-corrected chi connectivity index (χ1v) is 11.0. The number of rotatable bonds is 8. The number of carbonyl (C=O) groups is 1. The SMILES string of the molecule is Cc1ccc(OC[C@@H](C)NC(=O)[C@@H](C)N(c2ccc(C)cc2)S(C)(=O)=O)cc1. The van der Waals surface area contributed by atoms with Crippen LogP contribution in [0.1, 0.15) is 25.0 Å². The van der Waals surface area contributed by atoms with Gasteiger partial charge in [-0.2, -0.15) is 0 Å². The smallest absolute Gasteiger partial charge is 0.243 e. The molecule has 28 heavy (non-hydrogen) atoms. The predicted molar refractivity (Wildman–Crippen MR) is 112 cm³/mol. The second kappa shape index (κ2) is 9.10. The van der Waals surface area contributed by atoms with Crippen molar-refractivity contribution in [1.82, 2.24) is 5.32 Å². The Labute approximate surface area is 167 Å². The molecule has 0 spiro atoms. The second-order valence-electron chi connectivity index (χ2n) is 7.10. The standard InChI is InChI=1S/C21H28N2O4S/c1-15-6-10-19(11-7-15)23(28(5,25)26)18(4)21(24)22-17(3)14-27-20-12-8-16(2)9-13-20/h6-13,17-18H,14H2,1-5H3,(H,22,24)/t17-,18-/m1/s1. The van der Waals surface area contributed by atoms with Crippen molar-refractivity contribution in [2.75, 3.05) is 17.2 Å². The molecule has 2 aromatic carbocycles. The van der Waals surface area contributed by atoms with Gasteiger partial charge in [-0.15, -0.1) is 0 Å². The molecule has 6 nitrogen and oxygen atoms in total. The van der Waals surface area contributed by atoms with Crippen molar-refractivity contribution >= 4 is 21.6 Å². The molecule has 2 rings (SSSR count). The summed E-state index contributed by atoms with van der Waals surface area (Å²) in [6, 6.07) is 13.5. The van der Waals surface area contributed by atoms with Gasteiger partial charge in [0.05, 0.1) is 18.0 Å². The van der Waals surface area contributed by atoms with E-state index in [1.54, 1.807) is 19.1 Å². The Morgan fingerprint density at radius 2 is 1.50 bits per heavy atom.